The maximum absolute atomic E-state index is 12.7. The van der Waals surface area contributed by atoms with Gasteiger partial charge >= 0.3 is 0 Å². The van der Waals surface area contributed by atoms with Crippen LogP contribution in [0.4, 0.5) is 11.4 Å². The Morgan fingerprint density at radius 2 is 2.07 bits per heavy atom. The van der Waals surface area contributed by atoms with E-state index in [9.17, 15) is 4.79 Å². The van der Waals surface area contributed by atoms with Gasteiger partial charge in [0.15, 0.2) is 0 Å². The van der Waals surface area contributed by atoms with E-state index in [1.807, 2.05) is 26.0 Å². The number of hydrogen-bond donors (Lipinski definition) is 2. The Kier molecular flexibility index (Phi) is 6.19. The average Bonchev–Trinajstić information content (AvgIpc) is 3.01. The van der Waals surface area contributed by atoms with E-state index in [0.29, 0.717) is 28.8 Å². The molecule has 2 N–H and O–H groups in total. The minimum atomic E-state index is -0.528. The molecule has 0 saturated carbocycles. The highest BCUT2D eigenvalue weighted by molar-refractivity contribution is 6.31. The van der Waals surface area contributed by atoms with Crippen LogP contribution in [-0.2, 0) is 11.2 Å². The number of methoxy groups -OCH3 is 1. The van der Waals surface area contributed by atoms with Crippen LogP contribution >= 0.6 is 11.6 Å². The number of nitrogens with one attached hydrogen (secondary N) is 2. The molecule has 28 heavy (non-hydrogen) atoms. The van der Waals surface area contributed by atoms with Crippen LogP contribution in [0.2, 0.25) is 5.02 Å². The number of halogens is 1. The summed E-state index contributed by atoms with van der Waals surface area (Å²) in [6, 6.07) is 8.42. The summed E-state index contributed by atoms with van der Waals surface area (Å²) in [4.78, 5) is 12.7. The van der Waals surface area contributed by atoms with Crippen molar-refractivity contribution in [3.63, 3.8) is 0 Å². The Morgan fingerprint density at radius 1 is 1.29 bits per heavy atom. The number of carbonyl (C=O) groups excluding carboxylic acids is 1. The molecule has 1 aliphatic rings. The van der Waals surface area contributed by atoms with Crippen LogP contribution in [0.1, 0.15) is 26.3 Å². The second-order valence-corrected chi connectivity index (χ2v) is 7.16. The summed E-state index contributed by atoms with van der Waals surface area (Å²) in [5.74, 6) is 1.85. The van der Waals surface area contributed by atoms with Gasteiger partial charge in [0, 0.05) is 23.1 Å². The molecule has 0 bridgehead atoms. The summed E-state index contributed by atoms with van der Waals surface area (Å²) in [7, 11) is 1.54. The van der Waals surface area contributed by atoms with Crippen LogP contribution in [0.25, 0.3) is 0 Å². The fraction of sp³-hybridized carbons (Fsp3) is 0.381. The van der Waals surface area contributed by atoms with E-state index in [4.69, 9.17) is 25.8 Å². The minimum Gasteiger partial charge on any atom is -0.495 e. The van der Waals surface area contributed by atoms with Crippen LogP contribution in [0, 0.1) is 0 Å². The molecule has 0 aliphatic carbocycles. The van der Waals surface area contributed by atoms with Crippen molar-refractivity contribution in [2.45, 2.75) is 39.3 Å². The highest BCUT2D eigenvalue weighted by Crippen LogP contribution is 2.38. The molecule has 0 aromatic heterocycles. The number of fused-ring (bicyclic) bond motifs is 1. The monoisotopic (exact) mass is 404 g/mol. The first kappa shape index (κ1) is 20.1. The molecule has 3 rings (SSSR count). The van der Waals surface area contributed by atoms with Gasteiger partial charge in [-0.25, -0.2) is 0 Å². The third kappa shape index (κ3) is 4.44. The van der Waals surface area contributed by atoms with Crippen molar-refractivity contribution in [2.24, 2.45) is 0 Å². The number of anilines is 2. The van der Waals surface area contributed by atoms with Crippen molar-refractivity contribution in [3.8, 4) is 17.2 Å². The maximum atomic E-state index is 12.7. The van der Waals surface area contributed by atoms with Gasteiger partial charge in [0.05, 0.1) is 25.1 Å². The van der Waals surface area contributed by atoms with Crippen LogP contribution < -0.4 is 24.8 Å². The lowest BCUT2D eigenvalue weighted by molar-refractivity contribution is -0.116. The SMILES string of the molecule is CCOc1cc2c(cc1N[C@H](C)C(=O)Nc1cc(Cl)ccc1OC)O[C@H](C)C2. The molecule has 0 spiro atoms. The van der Waals surface area contributed by atoms with Crippen molar-refractivity contribution in [3.05, 3.63) is 40.9 Å². The second-order valence-electron chi connectivity index (χ2n) is 6.72. The Morgan fingerprint density at radius 3 is 2.79 bits per heavy atom. The predicted octanol–water partition coefficient (Wildman–Crippen LogP) is 4.51. The average molecular weight is 405 g/mol. The van der Waals surface area contributed by atoms with Crippen LogP contribution in [0.5, 0.6) is 17.2 Å². The lowest BCUT2D eigenvalue weighted by Gasteiger charge is -2.19. The molecule has 1 aliphatic heterocycles. The van der Waals surface area contributed by atoms with E-state index in [1.165, 1.54) is 0 Å². The maximum Gasteiger partial charge on any atom is 0.246 e. The number of benzene rings is 2. The standard InChI is InChI=1S/C21H25ClN2O4/c1-5-27-20-9-14-8-12(2)28-19(14)11-17(20)23-13(3)21(25)24-16-10-15(22)6-7-18(16)26-4/h6-7,9-13,23H,5,8H2,1-4H3,(H,24,25)/t12-,13-/m1/s1. The van der Waals surface area contributed by atoms with Gasteiger partial charge in [-0.05, 0) is 45.0 Å². The zero-order valence-electron chi connectivity index (χ0n) is 16.5. The summed E-state index contributed by atoms with van der Waals surface area (Å²) in [6.07, 6.45) is 0.982. The topological polar surface area (TPSA) is 68.8 Å². The van der Waals surface area contributed by atoms with Crippen molar-refractivity contribution in [1.82, 2.24) is 0 Å². The predicted molar refractivity (Wildman–Crippen MR) is 111 cm³/mol. The van der Waals surface area contributed by atoms with E-state index in [2.05, 4.69) is 10.6 Å². The zero-order chi connectivity index (χ0) is 20.3. The second kappa shape index (κ2) is 8.61. The smallest absolute Gasteiger partial charge is 0.246 e. The fourth-order valence-electron chi connectivity index (χ4n) is 3.14. The normalized spacial score (nSPS) is 16.0. The summed E-state index contributed by atoms with van der Waals surface area (Å²) >= 11 is 6.04. The van der Waals surface area contributed by atoms with Crippen molar-refractivity contribution in [1.29, 1.82) is 0 Å². The lowest BCUT2D eigenvalue weighted by atomic mass is 10.1. The van der Waals surface area contributed by atoms with E-state index in [1.54, 1.807) is 32.2 Å². The molecule has 0 saturated heterocycles. The molecule has 1 amide bonds. The lowest BCUT2D eigenvalue weighted by Crippen LogP contribution is -2.32. The third-order valence-electron chi connectivity index (χ3n) is 4.48. The van der Waals surface area contributed by atoms with Gasteiger partial charge in [-0.3, -0.25) is 4.79 Å². The molecule has 6 nitrogen and oxygen atoms in total. The van der Waals surface area contributed by atoms with E-state index in [-0.39, 0.29) is 12.0 Å². The molecule has 2 aromatic carbocycles. The number of carbonyl (C=O) groups is 1. The van der Waals surface area contributed by atoms with Gasteiger partial charge in [0.2, 0.25) is 5.91 Å². The first-order valence-electron chi connectivity index (χ1n) is 9.28. The Balaban J connectivity index is 1.77. The summed E-state index contributed by atoms with van der Waals surface area (Å²) in [5, 5.41) is 6.59. The van der Waals surface area contributed by atoms with Crippen molar-refractivity contribution in [2.75, 3.05) is 24.4 Å². The minimum absolute atomic E-state index is 0.135. The van der Waals surface area contributed by atoms with E-state index in [0.717, 1.165) is 23.4 Å². The third-order valence-corrected chi connectivity index (χ3v) is 4.72. The first-order valence-corrected chi connectivity index (χ1v) is 9.66. The van der Waals surface area contributed by atoms with Crippen LogP contribution in [0.15, 0.2) is 30.3 Å². The molecular formula is C21H25ClN2O4. The Hall–Kier alpha value is -2.60. The van der Waals surface area contributed by atoms with Crippen molar-refractivity contribution >= 4 is 28.9 Å². The fourth-order valence-corrected chi connectivity index (χ4v) is 3.32. The molecule has 0 radical (unpaired) electrons. The Bertz CT molecular complexity index is 872. The van der Waals surface area contributed by atoms with Gasteiger partial charge < -0.3 is 24.8 Å². The van der Waals surface area contributed by atoms with Gasteiger partial charge in [0.1, 0.15) is 29.4 Å². The highest BCUT2D eigenvalue weighted by atomic mass is 35.5. The molecule has 0 fully saturated rings. The van der Waals surface area contributed by atoms with Gasteiger partial charge in [-0.2, -0.15) is 0 Å². The summed E-state index contributed by atoms with van der Waals surface area (Å²) in [6.45, 7) is 6.27. The number of rotatable bonds is 7. The Labute approximate surface area is 170 Å². The molecule has 150 valence electrons. The summed E-state index contributed by atoms with van der Waals surface area (Å²) < 4.78 is 16.9. The highest BCUT2D eigenvalue weighted by Gasteiger charge is 2.23. The number of amides is 1. The molecular weight excluding hydrogens is 380 g/mol. The molecule has 0 unspecified atom stereocenters. The summed E-state index contributed by atoms with van der Waals surface area (Å²) in [5.41, 5.74) is 2.35. The van der Waals surface area contributed by atoms with Crippen LogP contribution in [0.3, 0.4) is 0 Å². The number of hydrogen-bond acceptors (Lipinski definition) is 5. The van der Waals surface area contributed by atoms with Gasteiger partial charge in [-0.15, -0.1) is 0 Å². The zero-order valence-corrected chi connectivity index (χ0v) is 17.2. The largest absolute Gasteiger partial charge is 0.495 e. The van der Waals surface area contributed by atoms with Crippen molar-refractivity contribution < 1.29 is 19.0 Å². The first-order chi connectivity index (χ1) is 13.4. The van der Waals surface area contributed by atoms with Crippen LogP contribution in [-0.4, -0.2) is 31.8 Å². The molecule has 7 heteroatoms. The molecule has 1 heterocycles. The van der Waals surface area contributed by atoms with Gasteiger partial charge in [0.25, 0.3) is 0 Å². The molecule has 2 atom stereocenters. The number of ether oxygens (including phenoxy) is 3. The quantitative estimate of drug-likeness (QED) is 0.710. The van der Waals surface area contributed by atoms with E-state index < -0.39 is 6.04 Å². The molecule has 2 aromatic rings. The van der Waals surface area contributed by atoms with E-state index >= 15 is 0 Å². The van der Waals surface area contributed by atoms with Gasteiger partial charge in [-0.1, -0.05) is 11.6 Å².